The Morgan fingerprint density at radius 3 is 2.63 bits per heavy atom. The van der Waals surface area contributed by atoms with Crippen molar-refractivity contribution in [3.05, 3.63) is 77.6 Å². The molecule has 0 radical (unpaired) electrons. The second-order valence-electron chi connectivity index (χ2n) is 7.12. The number of carbonyl (C=O) groups is 2. The van der Waals surface area contributed by atoms with Crippen LogP contribution in [-0.4, -0.2) is 44.0 Å². The Hall–Kier alpha value is -3.89. The lowest BCUT2D eigenvalue weighted by Crippen LogP contribution is -2.25. The number of thioether (sulfide) groups is 1. The summed E-state index contributed by atoms with van der Waals surface area (Å²) in [6.07, 6.45) is 3.34. The monoisotopic (exact) mass is 508 g/mol. The Balaban J connectivity index is 1.59. The highest BCUT2D eigenvalue weighted by Crippen LogP contribution is 2.29. The Morgan fingerprint density at radius 1 is 1.14 bits per heavy atom. The largest absolute Gasteiger partial charge is 0.545 e. The van der Waals surface area contributed by atoms with E-state index < -0.39 is 11.9 Å². The highest BCUT2D eigenvalue weighted by Gasteiger charge is 2.18. The summed E-state index contributed by atoms with van der Waals surface area (Å²) in [4.78, 5) is 28.2. The highest BCUT2D eigenvalue weighted by molar-refractivity contribution is 7.99. The quantitative estimate of drug-likeness (QED) is 0.341. The molecule has 9 nitrogen and oxygen atoms in total. The fourth-order valence-electron chi connectivity index (χ4n) is 3.25. The molecule has 2 aromatic carbocycles. The molecule has 0 unspecified atom stereocenters. The van der Waals surface area contributed by atoms with Crippen LogP contribution in [0.3, 0.4) is 0 Å². The molecule has 0 spiro atoms. The van der Waals surface area contributed by atoms with Crippen LogP contribution in [-0.2, 0) is 4.79 Å². The van der Waals surface area contributed by atoms with E-state index in [1.54, 1.807) is 18.5 Å². The molecular weight excluding hydrogens is 490 g/mol. The SMILES string of the molecule is CCOc1ccc(-n2c(SCC(=O)Nc3cc(Cl)ccc3C(=O)[O-])nnc2-c2cccnc2)cc1. The molecule has 11 heteroatoms. The number of anilines is 1. The maximum absolute atomic E-state index is 12.6. The zero-order chi connectivity index (χ0) is 24.8. The fraction of sp³-hybridized carbons (Fsp3) is 0.125. The smallest absolute Gasteiger partial charge is 0.234 e. The Labute approximate surface area is 210 Å². The third kappa shape index (κ3) is 5.79. The van der Waals surface area contributed by atoms with Crippen LogP contribution in [0.4, 0.5) is 5.69 Å². The molecule has 1 amide bonds. The number of hydrogen-bond donors (Lipinski definition) is 1. The molecule has 0 bridgehead atoms. The van der Waals surface area contributed by atoms with Crippen molar-refractivity contribution in [2.75, 3.05) is 17.7 Å². The van der Waals surface area contributed by atoms with E-state index in [0.717, 1.165) is 28.8 Å². The van der Waals surface area contributed by atoms with Crippen LogP contribution in [0.2, 0.25) is 5.02 Å². The summed E-state index contributed by atoms with van der Waals surface area (Å²) in [5.41, 5.74) is 1.42. The number of ether oxygens (including phenoxy) is 1. The second kappa shape index (κ2) is 11.0. The van der Waals surface area contributed by atoms with Crippen molar-refractivity contribution in [2.24, 2.45) is 0 Å². The molecule has 0 saturated carbocycles. The summed E-state index contributed by atoms with van der Waals surface area (Å²) < 4.78 is 7.35. The number of hydrogen-bond acceptors (Lipinski definition) is 8. The normalized spacial score (nSPS) is 10.7. The first kappa shape index (κ1) is 24.2. The van der Waals surface area contributed by atoms with E-state index in [1.165, 1.54) is 18.2 Å². The molecule has 0 fully saturated rings. The summed E-state index contributed by atoms with van der Waals surface area (Å²) in [7, 11) is 0. The number of benzene rings is 2. The standard InChI is InChI=1S/C24H20ClN5O4S/c1-2-34-18-8-6-17(7-9-18)30-22(15-4-3-11-26-13-15)28-29-24(30)35-14-21(31)27-20-12-16(25)5-10-19(20)23(32)33/h3-13H,2,14H2,1H3,(H,27,31)(H,32,33)/p-1. The number of aromatic carboxylic acids is 1. The van der Waals surface area contributed by atoms with Crippen molar-refractivity contribution in [1.82, 2.24) is 19.7 Å². The van der Waals surface area contributed by atoms with Gasteiger partial charge in [0.25, 0.3) is 0 Å². The Kier molecular flexibility index (Phi) is 7.64. The number of carboxylic acid groups (broad SMARTS) is 1. The van der Waals surface area contributed by atoms with Gasteiger partial charge in [-0.1, -0.05) is 23.4 Å². The molecule has 178 valence electrons. The minimum atomic E-state index is -1.42. The average molecular weight is 509 g/mol. The van der Waals surface area contributed by atoms with Crippen molar-refractivity contribution in [3.63, 3.8) is 0 Å². The van der Waals surface area contributed by atoms with Gasteiger partial charge in [-0.25, -0.2) is 0 Å². The number of amides is 1. The van der Waals surface area contributed by atoms with Gasteiger partial charge in [-0.3, -0.25) is 14.3 Å². The minimum absolute atomic E-state index is 0.0544. The topological polar surface area (TPSA) is 122 Å². The van der Waals surface area contributed by atoms with Crippen molar-refractivity contribution in [1.29, 1.82) is 0 Å². The summed E-state index contributed by atoms with van der Waals surface area (Å²) in [6, 6.07) is 15.1. The predicted octanol–water partition coefficient (Wildman–Crippen LogP) is 3.48. The van der Waals surface area contributed by atoms with E-state index >= 15 is 0 Å². The third-order valence-corrected chi connectivity index (χ3v) is 5.93. The number of aromatic nitrogens is 4. The molecule has 2 aromatic heterocycles. The first-order valence-electron chi connectivity index (χ1n) is 10.5. The van der Waals surface area contributed by atoms with Crippen LogP contribution < -0.4 is 15.2 Å². The van der Waals surface area contributed by atoms with Gasteiger partial charge in [0.2, 0.25) is 5.91 Å². The minimum Gasteiger partial charge on any atom is -0.545 e. The van der Waals surface area contributed by atoms with Gasteiger partial charge < -0.3 is 20.0 Å². The van der Waals surface area contributed by atoms with Gasteiger partial charge in [-0.05, 0) is 61.5 Å². The lowest BCUT2D eigenvalue weighted by molar-refractivity contribution is -0.254. The molecule has 1 N–H and O–H groups in total. The number of nitrogens with one attached hydrogen (secondary N) is 1. The van der Waals surface area contributed by atoms with E-state index in [2.05, 4.69) is 20.5 Å². The average Bonchev–Trinajstić information content (AvgIpc) is 3.28. The van der Waals surface area contributed by atoms with Gasteiger partial charge in [0.1, 0.15) is 5.75 Å². The number of carboxylic acids is 1. The molecule has 0 saturated heterocycles. The van der Waals surface area contributed by atoms with Gasteiger partial charge in [0.05, 0.1) is 24.0 Å². The van der Waals surface area contributed by atoms with Crippen LogP contribution in [0.1, 0.15) is 17.3 Å². The van der Waals surface area contributed by atoms with Gasteiger partial charge in [-0.2, -0.15) is 0 Å². The van der Waals surface area contributed by atoms with Crippen molar-refractivity contribution >= 4 is 40.9 Å². The molecule has 4 aromatic rings. The zero-order valence-electron chi connectivity index (χ0n) is 18.5. The first-order valence-corrected chi connectivity index (χ1v) is 11.8. The van der Waals surface area contributed by atoms with Gasteiger partial charge in [0.15, 0.2) is 11.0 Å². The fourth-order valence-corrected chi connectivity index (χ4v) is 4.17. The van der Waals surface area contributed by atoms with Crippen molar-refractivity contribution in [3.8, 4) is 22.8 Å². The van der Waals surface area contributed by atoms with Crippen LogP contribution in [0.5, 0.6) is 5.75 Å². The van der Waals surface area contributed by atoms with Crippen LogP contribution in [0.15, 0.2) is 72.1 Å². The molecule has 0 aliphatic carbocycles. The Bertz CT molecular complexity index is 1350. The van der Waals surface area contributed by atoms with Crippen LogP contribution in [0.25, 0.3) is 17.1 Å². The molecule has 0 aliphatic rings. The van der Waals surface area contributed by atoms with Crippen LogP contribution >= 0.6 is 23.4 Å². The zero-order valence-corrected chi connectivity index (χ0v) is 20.0. The Morgan fingerprint density at radius 2 is 1.94 bits per heavy atom. The molecular formula is C24H19ClN5O4S-. The summed E-state index contributed by atoms with van der Waals surface area (Å²) in [5.74, 6) is -0.628. The number of nitrogens with zero attached hydrogens (tertiary/aromatic N) is 4. The van der Waals surface area contributed by atoms with Crippen molar-refractivity contribution in [2.45, 2.75) is 12.1 Å². The van der Waals surface area contributed by atoms with Crippen molar-refractivity contribution < 1.29 is 19.4 Å². The van der Waals surface area contributed by atoms with Crippen LogP contribution in [0, 0.1) is 0 Å². The second-order valence-corrected chi connectivity index (χ2v) is 8.50. The van der Waals surface area contributed by atoms with E-state index in [4.69, 9.17) is 16.3 Å². The first-order chi connectivity index (χ1) is 17.0. The number of pyridine rings is 1. The number of carbonyl (C=O) groups excluding carboxylic acids is 2. The summed E-state index contributed by atoms with van der Waals surface area (Å²) in [6.45, 7) is 2.46. The highest BCUT2D eigenvalue weighted by atomic mass is 35.5. The molecule has 4 rings (SSSR count). The third-order valence-electron chi connectivity index (χ3n) is 4.77. The summed E-state index contributed by atoms with van der Waals surface area (Å²) >= 11 is 7.10. The predicted molar refractivity (Wildman–Crippen MR) is 131 cm³/mol. The van der Waals surface area contributed by atoms with Gasteiger partial charge in [0, 0.05) is 34.2 Å². The maximum Gasteiger partial charge on any atom is 0.234 e. The lowest BCUT2D eigenvalue weighted by Gasteiger charge is -2.13. The molecule has 35 heavy (non-hydrogen) atoms. The molecule has 2 heterocycles. The van der Waals surface area contributed by atoms with Gasteiger partial charge >= 0.3 is 0 Å². The van der Waals surface area contributed by atoms with E-state index in [0.29, 0.717) is 17.6 Å². The molecule has 0 aliphatic heterocycles. The van der Waals surface area contributed by atoms with E-state index in [9.17, 15) is 14.7 Å². The van der Waals surface area contributed by atoms with Gasteiger partial charge in [-0.15, -0.1) is 10.2 Å². The molecule has 0 atom stereocenters. The number of halogens is 1. The van der Waals surface area contributed by atoms with E-state index in [-0.39, 0.29) is 22.0 Å². The van der Waals surface area contributed by atoms with E-state index in [1.807, 2.05) is 41.8 Å². The maximum atomic E-state index is 12.6. The number of rotatable bonds is 9. The lowest BCUT2D eigenvalue weighted by atomic mass is 10.2. The summed E-state index contributed by atoms with van der Waals surface area (Å²) in [5, 5.41) is 23.3.